The summed E-state index contributed by atoms with van der Waals surface area (Å²) >= 11 is 30.1. The Kier molecular flexibility index (Phi) is 7.18. The third-order valence-electron chi connectivity index (χ3n) is 3.40. The highest BCUT2D eigenvalue weighted by molar-refractivity contribution is 6.55. The predicted molar refractivity (Wildman–Crippen MR) is 102 cm³/mol. The molecule has 9 heteroatoms. The molecule has 0 radical (unpaired) electrons. The molecule has 1 heterocycles. The van der Waals surface area contributed by atoms with Crippen LogP contribution in [0.2, 0.25) is 25.1 Å². The van der Waals surface area contributed by atoms with Crippen LogP contribution in [0.3, 0.4) is 0 Å². The van der Waals surface area contributed by atoms with E-state index in [-0.39, 0.29) is 55.2 Å². The van der Waals surface area contributed by atoms with Gasteiger partial charge in [0.2, 0.25) is 0 Å². The van der Waals surface area contributed by atoms with Crippen LogP contribution in [0.15, 0.2) is 16.5 Å². The predicted octanol–water partition coefficient (Wildman–Crippen LogP) is 6.65. The summed E-state index contributed by atoms with van der Waals surface area (Å²) in [5.74, 6) is 0.380. The fourth-order valence-corrected chi connectivity index (χ4v) is 3.06. The van der Waals surface area contributed by atoms with E-state index in [1.807, 2.05) is 13.8 Å². The number of furan rings is 1. The summed E-state index contributed by atoms with van der Waals surface area (Å²) in [4.78, 5) is 12.0. The molecule has 1 atom stereocenters. The van der Waals surface area contributed by atoms with Crippen LogP contribution < -0.4 is 10.1 Å². The van der Waals surface area contributed by atoms with Crippen LogP contribution in [0.1, 0.15) is 36.6 Å². The Labute approximate surface area is 170 Å². The minimum absolute atomic E-state index is 0.0235. The normalized spacial score (nSPS) is 12.1. The lowest BCUT2D eigenvalue weighted by atomic mass is 10.2. The average Bonchev–Trinajstić information content (AvgIpc) is 3.07. The maximum Gasteiger partial charge on any atom is 0.287 e. The summed E-state index contributed by atoms with van der Waals surface area (Å²) < 4.78 is 11.0. The van der Waals surface area contributed by atoms with Crippen molar-refractivity contribution in [3.05, 3.63) is 48.8 Å². The minimum atomic E-state index is -0.297. The van der Waals surface area contributed by atoms with Gasteiger partial charge in [-0.3, -0.25) is 4.79 Å². The first-order valence-corrected chi connectivity index (χ1v) is 9.19. The Morgan fingerprint density at radius 3 is 2.20 bits per heavy atom. The Morgan fingerprint density at radius 1 is 1.08 bits per heavy atom. The lowest BCUT2D eigenvalue weighted by molar-refractivity contribution is 0.0907. The molecule has 0 fully saturated rings. The molecule has 0 aliphatic heterocycles. The van der Waals surface area contributed by atoms with E-state index in [4.69, 9.17) is 67.2 Å². The SMILES string of the molecule is CCC(C)NC(=O)c1ccc(COc2c(Cl)c(Cl)c(Cl)c(Cl)c2Cl)o1. The van der Waals surface area contributed by atoms with E-state index in [2.05, 4.69) is 5.32 Å². The third-order valence-corrected chi connectivity index (χ3v) is 5.65. The maximum absolute atomic E-state index is 12.0. The van der Waals surface area contributed by atoms with Gasteiger partial charge in [0.05, 0.1) is 15.1 Å². The van der Waals surface area contributed by atoms with Gasteiger partial charge >= 0.3 is 0 Å². The molecule has 0 aliphatic rings. The number of rotatable bonds is 6. The molecule has 0 aliphatic carbocycles. The van der Waals surface area contributed by atoms with Gasteiger partial charge in [-0.15, -0.1) is 0 Å². The first kappa shape index (κ1) is 20.5. The molecule has 0 saturated carbocycles. The van der Waals surface area contributed by atoms with Crippen molar-refractivity contribution in [2.45, 2.75) is 32.9 Å². The molecule has 0 saturated heterocycles. The van der Waals surface area contributed by atoms with Crippen LogP contribution in [-0.4, -0.2) is 11.9 Å². The first-order chi connectivity index (χ1) is 11.8. The van der Waals surface area contributed by atoms with Crippen molar-refractivity contribution in [3.63, 3.8) is 0 Å². The van der Waals surface area contributed by atoms with Gasteiger partial charge in [0.25, 0.3) is 5.91 Å². The molecule has 1 N–H and O–H groups in total. The van der Waals surface area contributed by atoms with E-state index in [1.54, 1.807) is 12.1 Å². The first-order valence-electron chi connectivity index (χ1n) is 7.30. The Hall–Kier alpha value is -0.780. The molecular weight excluding hydrogens is 431 g/mol. The molecular formula is C16H14Cl5NO3. The number of hydrogen-bond acceptors (Lipinski definition) is 3. The van der Waals surface area contributed by atoms with Gasteiger partial charge in [0.15, 0.2) is 11.5 Å². The van der Waals surface area contributed by atoms with Gasteiger partial charge in [-0.05, 0) is 25.5 Å². The van der Waals surface area contributed by atoms with Crippen LogP contribution in [-0.2, 0) is 6.61 Å². The molecule has 1 unspecified atom stereocenters. The Bertz CT molecular complexity index is 761. The van der Waals surface area contributed by atoms with Crippen molar-refractivity contribution in [2.75, 3.05) is 0 Å². The van der Waals surface area contributed by atoms with Crippen LogP contribution >= 0.6 is 58.0 Å². The molecule has 1 amide bonds. The molecule has 25 heavy (non-hydrogen) atoms. The maximum atomic E-state index is 12.0. The highest BCUT2D eigenvalue weighted by Crippen LogP contribution is 2.48. The molecule has 4 nitrogen and oxygen atoms in total. The number of hydrogen-bond donors (Lipinski definition) is 1. The highest BCUT2D eigenvalue weighted by atomic mass is 35.5. The van der Waals surface area contributed by atoms with E-state index in [0.717, 1.165) is 6.42 Å². The third kappa shape index (κ3) is 4.69. The molecule has 1 aromatic carbocycles. The quantitative estimate of drug-likeness (QED) is 0.400. The Morgan fingerprint density at radius 2 is 1.64 bits per heavy atom. The summed E-state index contributed by atoms with van der Waals surface area (Å²) in [6, 6.07) is 3.22. The van der Waals surface area contributed by atoms with Gasteiger partial charge < -0.3 is 14.5 Å². The van der Waals surface area contributed by atoms with Crippen molar-refractivity contribution in [3.8, 4) is 5.75 Å². The van der Waals surface area contributed by atoms with Crippen molar-refractivity contribution in [1.29, 1.82) is 0 Å². The summed E-state index contributed by atoms with van der Waals surface area (Å²) in [5.41, 5.74) is 0. The number of carbonyl (C=O) groups excluding carboxylic acids is 1. The zero-order chi connectivity index (χ0) is 18.7. The van der Waals surface area contributed by atoms with E-state index in [1.165, 1.54) is 0 Å². The van der Waals surface area contributed by atoms with E-state index < -0.39 is 0 Å². The summed E-state index contributed by atoms with van der Waals surface area (Å²) in [5, 5.41) is 3.03. The number of halogens is 5. The van der Waals surface area contributed by atoms with E-state index >= 15 is 0 Å². The zero-order valence-electron chi connectivity index (χ0n) is 13.3. The molecule has 0 bridgehead atoms. The lowest BCUT2D eigenvalue weighted by Crippen LogP contribution is -2.31. The smallest absolute Gasteiger partial charge is 0.287 e. The molecule has 2 rings (SSSR count). The summed E-state index contributed by atoms with van der Waals surface area (Å²) in [7, 11) is 0. The van der Waals surface area contributed by atoms with Gasteiger partial charge in [-0.2, -0.15) is 0 Å². The second-order valence-corrected chi connectivity index (χ2v) is 7.13. The number of ether oxygens (including phenoxy) is 1. The molecule has 136 valence electrons. The summed E-state index contributed by atoms with van der Waals surface area (Å²) in [6.45, 7) is 3.86. The fourth-order valence-electron chi connectivity index (χ4n) is 1.83. The van der Waals surface area contributed by atoms with Crippen molar-refractivity contribution in [1.82, 2.24) is 5.32 Å². The van der Waals surface area contributed by atoms with Crippen LogP contribution in [0, 0.1) is 0 Å². The number of nitrogens with one attached hydrogen (secondary N) is 1. The number of benzene rings is 1. The van der Waals surface area contributed by atoms with E-state index in [0.29, 0.717) is 5.76 Å². The van der Waals surface area contributed by atoms with Crippen LogP contribution in [0.4, 0.5) is 0 Å². The van der Waals surface area contributed by atoms with Crippen LogP contribution in [0.25, 0.3) is 0 Å². The second-order valence-electron chi connectivity index (χ2n) is 5.24. The second kappa shape index (κ2) is 8.74. The molecule has 1 aromatic heterocycles. The van der Waals surface area contributed by atoms with Crippen molar-refractivity contribution in [2.24, 2.45) is 0 Å². The largest absolute Gasteiger partial charge is 0.482 e. The van der Waals surface area contributed by atoms with Gasteiger partial charge in [0.1, 0.15) is 22.4 Å². The van der Waals surface area contributed by atoms with Gasteiger partial charge in [-0.1, -0.05) is 64.9 Å². The standard InChI is InChI=1S/C16H14Cl5NO3/c1-3-7(2)22-16(23)9-5-4-8(25-9)6-24-15-13(20)11(18)10(17)12(19)14(15)21/h4-5,7H,3,6H2,1-2H3,(H,22,23). The van der Waals surface area contributed by atoms with E-state index in [9.17, 15) is 4.79 Å². The highest BCUT2D eigenvalue weighted by Gasteiger charge is 2.21. The van der Waals surface area contributed by atoms with Gasteiger partial charge in [-0.25, -0.2) is 0 Å². The lowest BCUT2D eigenvalue weighted by Gasteiger charge is -2.13. The monoisotopic (exact) mass is 443 g/mol. The Balaban J connectivity index is 2.12. The number of amides is 1. The zero-order valence-corrected chi connectivity index (χ0v) is 17.0. The van der Waals surface area contributed by atoms with Crippen molar-refractivity contribution < 1.29 is 13.9 Å². The average molecular weight is 446 g/mol. The topological polar surface area (TPSA) is 51.5 Å². The number of carbonyl (C=O) groups is 1. The van der Waals surface area contributed by atoms with Crippen LogP contribution in [0.5, 0.6) is 5.75 Å². The molecule has 2 aromatic rings. The fraction of sp³-hybridized carbons (Fsp3) is 0.312. The van der Waals surface area contributed by atoms with Crippen molar-refractivity contribution >= 4 is 63.9 Å². The molecule has 0 spiro atoms. The summed E-state index contributed by atoms with van der Waals surface area (Å²) in [6.07, 6.45) is 0.817. The van der Waals surface area contributed by atoms with Gasteiger partial charge in [0, 0.05) is 6.04 Å². The minimum Gasteiger partial charge on any atom is -0.482 e.